The average molecular weight is 352 g/mol. The predicted octanol–water partition coefficient (Wildman–Crippen LogP) is 5.15. The first kappa shape index (κ1) is 17.4. The van der Waals surface area contributed by atoms with E-state index in [2.05, 4.69) is 52.0 Å². The van der Waals surface area contributed by atoms with Crippen LogP contribution < -0.4 is 9.47 Å². The first-order valence-corrected chi connectivity index (χ1v) is 9.61. The van der Waals surface area contributed by atoms with Gasteiger partial charge in [-0.25, -0.2) is 0 Å². The lowest BCUT2D eigenvalue weighted by atomic mass is 9.96. The van der Waals surface area contributed by atoms with Crippen LogP contribution in [-0.2, 0) is 4.74 Å². The minimum absolute atomic E-state index is 0.280. The molecule has 1 unspecified atom stereocenters. The maximum Gasteiger partial charge on any atom is 0.125 e. The highest BCUT2D eigenvalue weighted by atomic mass is 16.6. The highest BCUT2D eigenvalue weighted by molar-refractivity contribution is 5.70. The van der Waals surface area contributed by atoms with Crippen molar-refractivity contribution in [3.05, 3.63) is 46.5 Å². The molecule has 2 aromatic carbocycles. The zero-order valence-corrected chi connectivity index (χ0v) is 16.2. The van der Waals surface area contributed by atoms with Crippen LogP contribution in [-0.4, -0.2) is 25.9 Å². The molecule has 1 saturated heterocycles. The molecule has 1 aliphatic carbocycles. The Morgan fingerprint density at radius 3 is 1.58 bits per heavy atom. The Morgan fingerprint density at radius 2 is 1.19 bits per heavy atom. The fourth-order valence-corrected chi connectivity index (χ4v) is 3.52. The van der Waals surface area contributed by atoms with Crippen molar-refractivity contribution in [2.75, 3.05) is 19.8 Å². The molecule has 1 saturated carbocycles. The molecule has 3 nitrogen and oxygen atoms in total. The maximum absolute atomic E-state index is 6.08. The van der Waals surface area contributed by atoms with Crippen LogP contribution in [0.5, 0.6) is 11.5 Å². The number of aryl methyl sites for hydroxylation is 4. The van der Waals surface area contributed by atoms with Gasteiger partial charge >= 0.3 is 0 Å². The Kier molecular flexibility index (Phi) is 4.66. The van der Waals surface area contributed by atoms with Crippen molar-refractivity contribution in [3.63, 3.8) is 0 Å². The van der Waals surface area contributed by atoms with Crippen molar-refractivity contribution in [2.45, 2.75) is 46.6 Å². The van der Waals surface area contributed by atoms with Crippen LogP contribution in [0.2, 0.25) is 0 Å². The first-order valence-electron chi connectivity index (χ1n) is 9.61. The highest BCUT2D eigenvalue weighted by Crippen LogP contribution is 2.36. The van der Waals surface area contributed by atoms with E-state index in [4.69, 9.17) is 14.2 Å². The highest BCUT2D eigenvalue weighted by Gasteiger charge is 2.24. The molecule has 4 rings (SSSR count). The second-order valence-corrected chi connectivity index (χ2v) is 7.90. The number of epoxide rings is 1. The van der Waals surface area contributed by atoms with E-state index in [1.165, 1.54) is 46.2 Å². The van der Waals surface area contributed by atoms with E-state index in [-0.39, 0.29) is 6.10 Å². The molecule has 0 bridgehead atoms. The summed E-state index contributed by atoms with van der Waals surface area (Å²) in [5.74, 6) is 2.81. The van der Waals surface area contributed by atoms with Crippen LogP contribution >= 0.6 is 0 Å². The van der Waals surface area contributed by atoms with Gasteiger partial charge in [-0.3, -0.25) is 0 Å². The lowest BCUT2D eigenvalue weighted by Crippen LogP contribution is -2.06. The van der Waals surface area contributed by atoms with Crippen molar-refractivity contribution < 1.29 is 14.2 Å². The Bertz CT molecular complexity index is 701. The predicted molar refractivity (Wildman–Crippen MR) is 104 cm³/mol. The van der Waals surface area contributed by atoms with E-state index in [1.54, 1.807) is 0 Å². The second kappa shape index (κ2) is 6.96. The summed E-state index contributed by atoms with van der Waals surface area (Å²) in [6, 6.07) is 8.91. The lowest BCUT2D eigenvalue weighted by molar-refractivity contribution is 0.260. The molecule has 3 heteroatoms. The Labute approximate surface area is 156 Å². The fourth-order valence-electron chi connectivity index (χ4n) is 3.52. The van der Waals surface area contributed by atoms with Gasteiger partial charge in [-0.1, -0.05) is 0 Å². The monoisotopic (exact) mass is 352 g/mol. The van der Waals surface area contributed by atoms with Gasteiger partial charge in [-0.05, 0) is 104 Å². The smallest absolute Gasteiger partial charge is 0.125 e. The number of hydrogen-bond acceptors (Lipinski definition) is 3. The van der Waals surface area contributed by atoms with Crippen molar-refractivity contribution in [1.29, 1.82) is 0 Å². The van der Waals surface area contributed by atoms with Gasteiger partial charge in [0, 0.05) is 0 Å². The topological polar surface area (TPSA) is 31.0 Å². The summed E-state index contributed by atoms with van der Waals surface area (Å²) in [6.07, 6.45) is 2.91. The summed E-state index contributed by atoms with van der Waals surface area (Å²) in [6.45, 7) is 10.8. The fraction of sp³-hybridized carbons (Fsp3) is 0.478. The Balaban J connectivity index is 1.57. The number of rotatable bonds is 7. The second-order valence-electron chi connectivity index (χ2n) is 7.90. The molecule has 0 spiro atoms. The van der Waals surface area contributed by atoms with E-state index in [9.17, 15) is 0 Å². The number of hydrogen-bond donors (Lipinski definition) is 0. The van der Waals surface area contributed by atoms with E-state index in [0.29, 0.717) is 6.61 Å². The molecule has 1 aliphatic heterocycles. The largest absolute Gasteiger partial charge is 0.493 e. The van der Waals surface area contributed by atoms with Gasteiger partial charge < -0.3 is 14.2 Å². The van der Waals surface area contributed by atoms with E-state index in [1.807, 2.05) is 0 Å². The van der Waals surface area contributed by atoms with Crippen molar-refractivity contribution in [2.24, 2.45) is 5.92 Å². The molecule has 138 valence electrons. The molecule has 2 aliphatic rings. The van der Waals surface area contributed by atoms with Gasteiger partial charge in [0.25, 0.3) is 0 Å². The average Bonchev–Trinajstić information content (AvgIpc) is 3.47. The van der Waals surface area contributed by atoms with Gasteiger partial charge in [-0.2, -0.15) is 0 Å². The van der Waals surface area contributed by atoms with Crippen molar-refractivity contribution in [3.8, 4) is 22.6 Å². The van der Waals surface area contributed by atoms with Crippen LogP contribution in [0.25, 0.3) is 11.1 Å². The summed E-state index contributed by atoms with van der Waals surface area (Å²) in [5.41, 5.74) is 7.23. The third-order valence-electron chi connectivity index (χ3n) is 5.23. The SMILES string of the molecule is Cc1cc(-c2cc(C)c(OCC3CO3)c(C)c2)cc(C)c1OCC1CC1. The third kappa shape index (κ3) is 3.88. The van der Waals surface area contributed by atoms with Crippen LogP contribution in [0.15, 0.2) is 24.3 Å². The molecule has 26 heavy (non-hydrogen) atoms. The summed E-state index contributed by atoms with van der Waals surface area (Å²) in [7, 11) is 0. The normalized spacial score (nSPS) is 18.7. The molecular formula is C23H28O3. The lowest BCUT2D eigenvalue weighted by Gasteiger charge is -2.16. The molecule has 2 aromatic rings. The summed E-state index contributed by atoms with van der Waals surface area (Å²) in [5, 5.41) is 0. The molecular weight excluding hydrogens is 324 g/mol. The standard InChI is InChI=1S/C23H28O3/c1-14-7-19(8-15(2)22(14)25-11-18-5-6-18)20-9-16(3)23(17(4)10-20)26-13-21-12-24-21/h7-10,18,21H,5-6,11-13H2,1-4H3. The van der Waals surface area contributed by atoms with E-state index < -0.39 is 0 Å². The van der Waals surface area contributed by atoms with E-state index >= 15 is 0 Å². The van der Waals surface area contributed by atoms with Crippen LogP contribution in [0.1, 0.15) is 35.1 Å². The summed E-state index contributed by atoms with van der Waals surface area (Å²) >= 11 is 0. The minimum Gasteiger partial charge on any atom is -0.493 e. The van der Waals surface area contributed by atoms with Gasteiger partial charge in [-0.15, -0.1) is 0 Å². The van der Waals surface area contributed by atoms with Crippen LogP contribution in [0, 0.1) is 33.6 Å². The quantitative estimate of drug-likeness (QED) is 0.645. The summed E-state index contributed by atoms with van der Waals surface area (Å²) < 4.78 is 17.3. The molecule has 1 heterocycles. The maximum atomic E-state index is 6.08. The van der Waals surface area contributed by atoms with Crippen molar-refractivity contribution in [1.82, 2.24) is 0 Å². The Morgan fingerprint density at radius 1 is 0.769 bits per heavy atom. The summed E-state index contributed by atoms with van der Waals surface area (Å²) in [4.78, 5) is 0. The number of ether oxygens (including phenoxy) is 3. The zero-order chi connectivity index (χ0) is 18.3. The van der Waals surface area contributed by atoms with Gasteiger partial charge in [0.15, 0.2) is 0 Å². The number of benzene rings is 2. The molecule has 0 amide bonds. The van der Waals surface area contributed by atoms with E-state index in [0.717, 1.165) is 30.6 Å². The Hall–Kier alpha value is -2.00. The van der Waals surface area contributed by atoms with Crippen molar-refractivity contribution >= 4 is 0 Å². The van der Waals surface area contributed by atoms with Gasteiger partial charge in [0.1, 0.15) is 24.2 Å². The molecule has 0 N–H and O–H groups in total. The van der Waals surface area contributed by atoms with Crippen LogP contribution in [0.3, 0.4) is 0 Å². The zero-order valence-electron chi connectivity index (χ0n) is 16.2. The van der Waals surface area contributed by atoms with Gasteiger partial charge in [0.05, 0.1) is 13.2 Å². The molecule has 0 radical (unpaired) electrons. The molecule has 2 fully saturated rings. The van der Waals surface area contributed by atoms with Crippen LogP contribution in [0.4, 0.5) is 0 Å². The third-order valence-corrected chi connectivity index (χ3v) is 5.23. The molecule has 1 atom stereocenters. The minimum atomic E-state index is 0.280. The molecule has 0 aromatic heterocycles. The van der Waals surface area contributed by atoms with Gasteiger partial charge in [0.2, 0.25) is 0 Å². The first-order chi connectivity index (χ1) is 12.5.